The summed E-state index contributed by atoms with van der Waals surface area (Å²) in [5, 5.41) is 5.44. The molecule has 0 radical (unpaired) electrons. The van der Waals surface area contributed by atoms with Crippen molar-refractivity contribution in [3.63, 3.8) is 0 Å². The minimum absolute atomic E-state index is 0.186. The van der Waals surface area contributed by atoms with E-state index in [1.807, 2.05) is 0 Å². The van der Waals surface area contributed by atoms with Crippen molar-refractivity contribution < 1.29 is 23.1 Å². The lowest BCUT2D eigenvalue weighted by Gasteiger charge is -2.11. The van der Waals surface area contributed by atoms with Crippen molar-refractivity contribution in [3.05, 3.63) is 66.2 Å². The third kappa shape index (κ3) is 5.22. The van der Waals surface area contributed by atoms with Crippen LogP contribution in [-0.4, -0.2) is 18.9 Å². The van der Waals surface area contributed by atoms with Crippen LogP contribution in [0, 0.1) is 5.82 Å². The number of rotatable bonds is 7. The number of furan rings is 1. The van der Waals surface area contributed by atoms with Gasteiger partial charge in [-0.2, -0.15) is 0 Å². The van der Waals surface area contributed by atoms with E-state index in [0.29, 0.717) is 40.6 Å². The number of benzene rings is 2. The van der Waals surface area contributed by atoms with Crippen molar-refractivity contribution in [2.75, 3.05) is 17.7 Å². The van der Waals surface area contributed by atoms with Gasteiger partial charge in [-0.3, -0.25) is 9.59 Å². The van der Waals surface area contributed by atoms with E-state index < -0.39 is 0 Å². The van der Waals surface area contributed by atoms with Gasteiger partial charge in [-0.25, -0.2) is 4.39 Å². The van der Waals surface area contributed by atoms with Gasteiger partial charge in [0.1, 0.15) is 23.1 Å². The number of hydrogen-bond donors (Lipinski definition) is 2. The summed E-state index contributed by atoms with van der Waals surface area (Å²) in [6.45, 7) is 1.39. The highest BCUT2D eigenvalue weighted by Crippen LogP contribution is 2.28. The van der Waals surface area contributed by atoms with Crippen molar-refractivity contribution >= 4 is 23.2 Å². The van der Waals surface area contributed by atoms with Crippen LogP contribution < -0.4 is 15.4 Å². The van der Waals surface area contributed by atoms with E-state index in [2.05, 4.69) is 10.6 Å². The molecule has 1 aromatic heterocycles. The lowest BCUT2D eigenvalue weighted by molar-refractivity contribution is -0.116. The molecule has 0 fully saturated rings. The van der Waals surface area contributed by atoms with Crippen molar-refractivity contribution in [1.82, 2.24) is 0 Å². The van der Waals surface area contributed by atoms with Crippen LogP contribution >= 0.6 is 0 Å². The summed E-state index contributed by atoms with van der Waals surface area (Å²) in [5.74, 6) is 0.693. The molecule has 2 amide bonds. The molecule has 1 heterocycles. The first-order valence-electron chi connectivity index (χ1n) is 9.05. The van der Waals surface area contributed by atoms with Gasteiger partial charge in [-0.05, 0) is 42.5 Å². The molecule has 0 bridgehead atoms. The van der Waals surface area contributed by atoms with Crippen LogP contribution in [-0.2, 0) is 16.0 Å². The second kappa shape index (κ2) is 9.05. The third-order valence-corrected chi connectivity index (χ3v) is 4.19. The van der Waals surface area contributed by atoms with Crippen LogP contribution in [0.4, 0.5) is 15.8 Å². The maximum absolute atomic E-state index is 13.8. The number of carbonyl (C=O) groups is 2. The minimum Gasteiger partial charge on any atom is -0.495 e. The maximum Gasteiger partial charge on any atom is 0.224 e. The fourth-order valence-corrected chi connectivity index (χ4v) is 2.85. The van der Waals surface area contributed by atoms with E-state index in [-0.39, 0.29) is 24.1 Å². The highest BCUT2D eigenvalue weighted by atomic mass is 19.1. The number of carbonyl (C=O) groups excluding carboxylic acids is 2. The summed E-state index contributed by atoms with van der Waals surface area (Å²) in [6, 6.07) is 14.8. The van der Waals surface area contributed by atoms with E-state index in [1.165, 1.54) is 20.1 Å². The molecule has 0 saturated heterocycles. The van der Waals surface area contributed by atoms with Crippen LogP contribution in [0.5, 0.6) is 5.75 Å². The highest BCUT2D eigenvalue weighted by molar-refractivity contribution is 5.94. The maximum atomic E-state index is 13.8. The van der Waals surface area contributed by atoms with E-state index >= 15 is 0 Å². The van der Waals surface area contributed by atoms with Crippen LogP contribution in [0.15, 0.2) is 59.0 Å². The van der Waals surface area contributed by atoms with Crippen molar-refractivity contribution in [1.29, 1.82) is 0 Å². The Morgan fingerprint density at radius 2 is 1.86 bits per heavy atom. The van der Waals surface area contributed by atoms with Crippen molar-refractivity contribution in [2.24, 2.45) is 0 Å². The fourth-order valence-electron chi connectivity index (χ4n) is 2.85. The summed E-state index contributed by atoms with van der Waals surface area (Å²) >= 11 is 0. The fraction of sp³-hybridized carbons (Fsp3) is 0.182. The highest BCUT2D eigenvalue weighted by Gasteiger charge is 2.12. The molecule has 2 N–H and O–H groups in total. The number of hydrogen-bond acceptors (Lipinski definition) is 4. The van der Waals surface area contributed by atoms with Gasteiger partial charge in [0.05, 0.1) is 18.4 Å². The Morgan fingerprint density at radius 1 is 1.07 bits per heavy atom. The summed E-state index contributed by atoms with van der Waals surface area (Å²) in [5.41, 5.74) is 1.39. The van der Waals surface area contributed by atoms with E-state index in [0.717, 1.165) is 0 Å². The molecule has 0 atom stereocenters. The average Bonchev–Trinajstić information content (AvgIpc) is 3.15. The quantitative estimate of drug-likeness (QED) is 0.610. The Kier molecular flexibility index (Phi) is 6.29. The molecule has 7 heteroatoms. The number of halogens is 1. The summed E-state index contributed by atoms with van der Waals surface area (Å²) in [7, 11) is 1.50. The zero-order valence-corrected chi connectivity index (χ0v) is 16.1. The van der Waals surface area contributed by atoms with E-state index in [1.54, 1.807) is 48.5 Å². The van der Waals surface area contributed by atoms with Crippen LogP contribution in [0.2, 0.25) is 0 Å². The SMILES string of the molecule is COc1ccc(NC(=O)CCc2ccc(-c3ccccc3F)o2)cc1NC(C)=O. The topological polar surface area (TPSA) is 80.6 Å². The molecule has 29 heavy (non-hydrogen) atoms. The predicted molar refractivity (Wildman–Crippen MR) is 108 cm³/mol. The van der Waals surface area contributed by atoms with Gasteiger partial charge in [0.25, 0.3) is 0 Å². The second-order valence-corrected chi connectivity index (χ2v) is 6.39. The zero-order chi connectivity index (χ0) is 20.8. The summed E-state index contributed by atoms with van der Waals surface area (Å²) < 4.78 is 24.7. The Hall–Kier alpha value is -3.61. The van der Waals surface area contributed by atoms with Crippen LogP contribution in [0.1, 0.15) is 19.1 Å². The predicted octanol–water partition coefficient (Wildman–Crippen LogP) is 4.62. The molecule has 150 valence electrons. The third-order valence-electron chi connectivity index (χ3n) is 4.19. The van der Waals surface area contributed by atoms with Gasteiger partial charge in [-0.1, -0.05) is 12.1 Å². The molecule has 0 aliphatic heterocycles. The molecular formula is C22H21FN2O4. The molecule has 0 unspecified atom stereocenters. The van der Waals surface area contributed by atoms with Crippen molar-refractivity contribution in [2.45, 2.75) is 19.8 Å². The van der Waals surface area contributed by atoms with Crippen LogP contribution in [0.3, 0.4) is 0 Å². The molecule has 0 aliphatic carbocycles. The molecule has 6 nitrogen and oxygen atoms in total. The first-order valence-corrected chi connectivity index (χ1v) is 9.05. The molecule has 0 saturated carbocycles. The number of aryl methyl sites for hydroxylation is 1. The smallest absolute Gasteiger partial charge is 0.224 e. The normalized spacial score (nSPS) is 10.4. The summed E-state index contributed by atoms with van der Waals surface area (Å²) in [4.78, 5) is 23.6. The number of nitrogens with one attached hydrogen (secondary N) is 2. The monoisotopic (exact) mass is 396 g/mol. The Labute approximate surface area is 167 Å². The van der Waals surface area contributed by atoms with Crippen LogP contribution in [0.25, 0.3) is 11.3 Å². The molecule has 3 aromatic rings. The summed E-state index contributed by atoms with van der Waals surface area (Å²) in [6.07, 6.45) is 0.556. The lowest BCUT2D eigenvalue weighted by atomic mass is 10.1. The molecule has 2 aromatic carbocycles. The minimum atomic E-state index is -0.361. The van der Waals surface area contributed by atoms with E-state index in [4.69, 9.17) is 9.15 Å². The van der Waals surface area contributed by atoms with Gasteiger partial charge in [-0.15, -0.1) is 0 Å². The van der Waals surface area contributed by atoms with Gasteiger partial charge in [0, 0.05) is 25.5 Å². The number of methoxy groups -OCH3 is 1. The number of ether oxygens (including phenoxy) is 1. The van der Waals surface area contributed by atoms with Crippen molar-refractivity contribution in [3.8, 4) is 17.1 Å². The molecule has 0 aliphatic rings. The Morgan fingerprint density at radius 3 is 2.59 bits per heavy atom. The lowest BCUT2D eigenvalue weighted by Crippen LogP contribution is -2.13. The first-order chi connectivity index (χ1) is 14.0. The molecule has 0 spiro atoms. The largest absolute Gasteiger partial charge is 0.495 e. The molecule has 3 rings (SSSR count). The standard InChI is InChI=1S/C22H21FN2O4/c1-14(26)24-19-13-15(7-10-21(19)28-2)25-22(27)12-9-16-8-11-20(29-16)17-5-3-4-6-18(17)23/h3-8,10-11,13H,9,12H2,1-2H3,(H,24,26)(H,25,27). The van der Waals surface area contributed by atoms with Gasteiger partial charge >= 0.3 is 0 Å². The Bertz CT molecular complexity index is 1030. The first kappa shape index (κ1) is 20.1. The Balaban J connectivity index is 1.61. The van der Waals surface area contributed by atoms with E-state index in [9.17, 15) is 14.0 Å². The van der Waals surface area contributed by atoms with Gasteiger partial charge in [0.15, 0.2) is 0 Å². The number of anilines is 2. The van der Waals surface area contributed by atoms with Gasteiger partial charge < -0.3 is 19.8 Å². The second-order valence-electron chi connectivity index (χ2n) is 6.39. The average molecular weight is 396 g/mol. The zero-order valence-electron chi connectivity index (χ0n) is 16.1. The number of amides is 2. The van der Waals surface area contributed by atoms with Gasteiger partial charge in [0.2, 0.25) is 11.8 Å². The molecular weight excluding hydrogens is 375 g/mol.